The molecule has 9 heteroatoms. The molecule has 1 aliphatic rings. The number of piperidine rings is 1. The molecular weight excluding hydrogens is 422 g/mol. The molecule has 4 aromatic rings. The quantitative estimate of drug-likeness (QED) is 0.339. The number of hydrogen-bond donors (Lipinski definition) is 1. The number of oxazole rings is 1. The van der Waals surface area contributed by atoms with Crippen LogP contribution in [0.2, 0.25) is 0 Å². The molecule has 0 radical (unpaired) electrons. The molecule has 5 rings (SSSR count). The molecule has 33 heavy (non-hydrogen) atoms. The summed E-state index contributed by atoms with van der Waals surface area (Å²) in [5.41, 5.74) is 3.15. The number of anilines is 2. The van der Waals surface area contributed by atoms with Crippen molar-refractivity contribution in [1.29, 1.82) is 0 Å². The van der Waals surface area contributed by atoms with Gasteiger partial charge in [0.05, 0.1) is 10.5 Å². The van der Waals surface area contributed by atoms with Crippen LogP contribution in [0.15, 0.2) is 65.3 Å². The molecule has 0 saturated carbocycles. The molecule has 0 atom stereocenters. The van der Waals surface area contributed by atoms with Gasteiger partial charge >= 0.3 is 0 Å². The second-order valence-electron chi connectivity index (χ2n) is 7.91. The van der Waals surface area contributed by atoms with E-state index in [-0.39, 0.29) is 11.3 Å². The highest BCUT2D eigenvalue weighted by Crippen LogP contribution is 2.32. The van der Waals surface area contributed by atoms with Crippen molar-refractivity contribution >= 4 is 34.1 Å². The number of nitro groups is 1. The van der Waals surface area contributed by atoms with E-state index in [4.69, 9.17) is 4.42 Å². The van der Waals surface area contributed by atoms with E-state index < -0.39 is 10.8 Å². The fraction of sp³-hybridized carbons (Fsp3) is 0.208. The van der Waals surface area contributed by atoms with Crippen LogP contribution in [0.25, 0.3) is 22.6 Å². The molecule has 1 fully saturated rings. The maximum absolute atomic E-state index is 12.8. The van der Waals surface area contributed by atoms with E-state index in [1.165, 1.54) is 6.07 Å². The van der Waals surface area contributed by atoms with Crippen LogP contribution in [-0.4, -0.2) is 33.9 Å². The average Bonchev–Trinajstić information content (AvgIpc) is 3.28. The average molecular weight is 443 g/mol. The number of nitro benzene ring substituents is 1. The molecule has 0 bridgehead atoms. The maximum atomic E-state index is 12.8. The summed E-state index contributed by atoms with van der Waals surface area (Å²) in [5.74, 6) is 0.00382. The van der Waals surface area contributed by atoms with Gasteiger partial charge in [0.1, 0.15) is 11.2 Å². The first kappa shape index (κ1) is 20.6. The van der Waals surface area contributed by atoms with E-state index in [2.05, 4.69) is 15.3 Å². The molecule has 166 valence electrons. The third-order valence-electron chi connectivity index (χ3n) is 5.68. The standard InChI is InChI=1S/C24H21N5O4/c30-23(16-6-8-20(21(13-16)29(31)32)28-11-2-1-3-12-28)26-18-7-9-22-19(14-18)27-24(33-22)17-5-4-10-25-15-17/h4-10,13-15H,1-3,11-12H2,(H,26,30). The Morgan fingerprint density at radius 3 is 2.70 bits per heavy atom. The highest BCUT2D eigenvalue weighted by Gasteiger charge is 2.23. The molecule has 0 unspecified atom stereocenters. The van der Waals surface area contributed by atoms with Gasteiger partial charge in [-0.1, -0.05) is 0 Å². The summed E-state index contributed by atoms with van der Waals surface area (Å²) in [4.78, 5) is 34.7. The van der Waals surface area contributed by atoms with Crippen molar-refractivity contribution in [3.63, 3.8) is 0 Å². The van der Waals surface area contributed by atoms with Crippen LogP contribution in [0.4, 0.5) is 17.1 Å². The second-order valence-corrected chi connectivity index (χ2v) is 7.91. The Hall–Kier alpha value is -4.27. The van der Waals surface area contributed by atoms with Gasteiger partial charge in [-0.2, -0.15) is 0 Å². The molecule has 3 heterocycles. The third-order valence-corrected chi connectivity index (χ3v) is 5.68. The Kier molecular flexibility index (Phi) is 5.43. The van der Waals surface area contributed by atoms with Gasteiger partial charge in [0, 0.05) is 42.8 Å². The first-order valence-corrected chi connectivity index (χ1v) is 10.7. The summed E-state index contributed by atoms with van der Waals surface area (Å²) in [5, 5.41) is 14.5. The Bertz CT molecular complexity index is 1330. The summed E-state index contributed by atoms with van der Waals surface area (Å²) in [6.07, 6.45) is 6.47. The highest BCUT2D eigenvalue weighted by molar-refractivity contribution is 6.05. The molecule has 2 aromatic heterocycles. The van der Waals surface area contributed by atoms with Crippen LogP contribution in [0.1, 0.15) is 29.6 Å². The van der Waals surface area contributed by atoms with Crippen LogP contribution in [0, 0.1) is 10.1 Å². The number of aromatic nitrogens is 2. The van der Waals surface area contributed by atoms with Gasteiger partial charge in [-0.25, -0.2) is 4.98 Å². The Morgan fingerprint density at radius 1 is 1.09 bits per heavy atom. The highest BCUT2D eigenvalue weighted by atomic mass is 16.6. The smallest absolute Gasteiger partial charge is 0.293 e. The predicted octanol–water partition coefficient (Wildman–Crippen LogP) is 5.04. The fourth-order valence-corrected chi connectivity index (χ4v) is 4.03. The minimum absolute atomic E-state index is 0.0578. The van der Waals surface area contributed by atoms with Crippen LogP contribution < -0.4 is 10.2 Å². The SMILES string of the molecule is O=C(Nc1ccc2oc(-c3cccnc3)nc2c1)c1ccc(N2CCCCC2)c([N+](=O)[O-])c1. The number of benzene rings is 2. The zero-order chi connectivity index (χ0) is 22.8. The van der Waals surface area contributed by atoms with Gasteiger partial charge < -0.3 is 14.6 Å². The van der Waals surface area contributed by atoms with Gasteiger partial charge in [-0.15, -0.1) is 0 Å². The van der Waals surface area contributed by atoms with Crippen LogP contribution in [0.3, 0.4) is 0 Å². The lowest BCUT2D eigenvalue weighted by Gasteiger charge is -2.28. The van der Waals surface area contributed by atoms with Crippen molar-refractivity contribution < 1.29 is 14.1 Å². The van der Waals surface area contributed by atoms with Crippen LogP contribution >= 0.6 is 0 Å². The first-order chi connectivity index (χ1) is 16.1. The second kappa shape index (κ2) is 8.70. The Morgan fingerprint density at radius 2 is 1.94 bits per heavy atom. The fourth-order valence-electron chi connectivity index (χ4n) is 4.03. The molecule has 9 nitrogen and oxygen atoms in total. The number of nitrogens with one attached hydrogen (secondary N) is 1. The van der Waals surface area contributed by atoms with Gasteiger partial charge in [-0.05, 0) is 61.7 Å². The third kappa shape index (κ3) is 4.25. The Labute approximate surface area is 189 Å². The maximum Gasteiger partial charge on any atom is 0.293 e. The summed E-state index contributed by atoms with van der Waals surface area (Å²) in [6, 6.07) is 13.4. The van der Waals surface area contributed by atoms with Crippen molar-refractivity contribution in [2.75, 3.05) is 23.3 Å². The van der Waals surface area contributed by atoms with Gasteiger partial charge in [0.25, 0.3) is 11.6 Å². The molecule has 0 spiro atoms. The number of carbonyl (C=O) groups is 1. The number of nitrogens with zero attached hydrogens (tertiary/aromatic N) is 4. The summed E-state index contributed by atoms with van der Waals surface area (Å²) in [7, 11) is 0. The van der Waals surface area contributed by atoms with Gasteiger partial charge in [0.2, 0.25) is 5.89 Å². The number of amides is 1. The topological polar surface area (TPSA) is 114 Å². The largest absolute Gasteiger partial charge is 0.436 e. The monoisotopic (exact) mass is 443 g/mol. The van der Waals surface area contributed by atoms with Crippen molar-refractivity contribution in [2.24, 2.45) is 0 Å². The van der Waals surface area contributed by atoms with Crippen molar-refractivity contribution in [3.05, 3.63) is 76.6 Å². The zero-order valence-corrected chi connectivity index (χ0v) is 17.7. The number of rotatable bonds is 5. The minimum Gasteiger partial charge on any atom is -0.436 e. The zero-order valence-electron chi connectivity index (χ0n) is 17.7. The molecule has 0 aliphatic carbocycles. The molecule has 1 amide bonds. The van der Waals surface area contributed by atoms with Crippen molar-refractivity contribution in [1.82, 2.24) is 9.97 Å². The van der Waals surface area contributed by atoms with E-state index in [1.807, 2.05) is 11.0 Å². The molecule has 1 N–H and O–H groups in total. The summed E-state index contributed by atoms with van der Waals surface area (Å²) < 4.78 is 5.77. The van der Waals surface area contributed by atoms with Crippen LogP contribution in [-0.2, 0) is 0 Å². The van der Waals surface area contributed by atoms with E-state index in [0.29, 0.717) is 28.4 Å². The number of carbonyl (C=O) groups excluding carboxylic acids is 1. The van der Waals surface area contributed by atoms with Gasteiger partial charge in [-0.3, -0.25) is 19.9 Å². The number of pyridine rings is 1. The lowest BCUT2D eigenvalue weighted by molar-refractivity contribution is -0.384. The van der Waals surface area contributed by atoms with Crippen molar-refractivity contribution in [2.45, 2.75) is 19.3 Å². The van der Waals surface area contributed by atoms with E-state index in [9.17, 15) is 14.9 Å². The molecule has 1 aliphatic heterocycles. The number of fused-ring (bicyclic) bond motifs is 1. The molecule has 1 saturated heterocycles. The lowest BCUT2D eigenvalue weighted by Crippen LogP contribution is -2.30. The lowest BCUT2D eigenvalue weighted by atomic mass is 10.1. The summed E-state index contributed by atoms with van der Waals surface area (Å²) in [6.45, 7) is 1.57. The molecular formula is C24H21N5O4. The van der Waals surface area contributed by atoms with E-state index in [0.717, 1.165) is 37.9 Å². The normalized spacial score (nSPS) is 13.8. The first-order valence-electron chi connectivity index (χ1n) is 10.7. The van der Waals surface area contributed by atoms with Crippen molar-refractivity contribution in [3.8, 4) is 11.5 Å². The van der Waals surface area contributed by atoms with E-state index in [1.54, 1.807) is 48.8 Å². The Balaban J connectivity index is 1.38. The van der Waals surface area contributed by atoms with Crippen LogP contribution in [0.5, 0.6) is 0 Å². The van der Waals surface area contributed by atoms with Gasteiger partial charge in [0.15, 0.2) is 5.58 Å². The number of hydrogen-bond acceptors (Lipinski definition) is 7. The minimum atomic E-state index is -0.432. The summed E-state index contributed by atoms with van der Waals surface area (Å²) >= 11 is 0. The van der Waals surface area contributed by atoms with E-state index >= 15 is 0 Å². The predicted molar refractivity (Wildman–Crippen MR) is 124 cm³/mol. The molecule has 2 aromatic carbocycles.